The van der Waals surface area contributed by atoms with Crippen LogP contribution in [0.5, 0.6) is 11.5 Å². The Morgan fingerprint density at radius 1 is 1.00 bits per heavy atom. The van der Waals surface area contributed by atoms with Crippen molar-refractivity contribution in [2.24, 2.45) is 0 Å². The van der Waals surface area contributed by atoms with Gasteiger partial charge in [-0.05, 0) is 12.1 Å². The fourth-order valence-electron chi connectivity index (χ4n) is 1.88. The molecule has 0 aliphatic carbocycles. The minimum absolute atomic E-state index is 0.289. The first kappa shape index (κ1) is 14.0. The highest BCUT2D eigenvalue weighted by Gasteiger charge is 2.22. The zero-order valence-corrected chi connectivity index (χ0v) is 13.0. The van der Waals surface area contributed by atoms with Gasteiger partial charge in [0.25, 0.3) is 0 Å². The van der Waals surface area contributed by atoms with Crippen molar-refractivity contribution in [3.05, 3.63) is 43.0 Å². The third-order valence-corrected chi connectivity index (χ3v) is 4.58. The molecule has 1 aliphatic heterocycles. The monoisotopic (exact) mass is 348 g/mol. The molecule has 0 atom stereocenters. The summed E-state index contributed by atoms with van der Waals surface area (Å²) in [7, 11) is 0. The zero-order chi connectivity index (χ0) is 14.3. The predicted octanol–water partition coefficient (Wildman–Crippen LogP) is 4.71. The summed E-state index contributed by atoms with van der Waals surface area (Å²) in [4.78, 5) is 12.5. The van der Waals surface area contributed by atoms with Gasteiger partial charge in [0.1, 0.15) is 17.6 Å². The molecule has 1 aliphatic rings. The molecule has 20 heavy (non-hydrogen) atoms. The lowest BCUT2D eigenvalue weighted by molar-refractivity contribution is 0.103. The number of ether oxygens (including phenoxy) is 2. The summed E-state index contributed by atoms with van der Waals surface area (Å²) in [6.45, 7) is 0.899. The Bertz CT molecular complexity index is 696. The fraction of sp³-hybridized carbons (Fsp3) is 0.154. The van der Waals surface area contributed by atoms with E-state index in [2.05, 4.69) is 0 Å². The smallest absolute Gasteiger partial charge is 0.197 e. The molecule has 2 aromatic rings. The molecule has 7 heteroatoms. The fourth-order valence-corrected chi connectivity index (χ4v) is 3.58. The van der Waals surface area contributed by atoms with Gasteiger partial charge in [-0.1, -0.05) is 34.8 Å². The van der Waals surface area contributed by atoms with Gasteiger partial charge in [-0.3, -0.25) is 4.79 Å². The Kier molecular flexibility index (Phi) is 3.82. The summed E-state index contributed by atoms with van der Waals surface area (Å²) in [6, 6.07) is 4.68. The van der Waals surface area contributed by atoms with E-state index in [1.165, 1.54) is 6.07 Å². The Balaban J connectivity index is 2.05. The highest BCUT2D eigenvalue weighted by atomic mass is 35.5. The van der Waals surface area contributed by atoms with Crippen molar-refractivity contribution in [1.29, 1.82) is 0 Å². The second kappa shape index (κ2) is 5.45. The lowest BCUT2D eigenvalue weighted by atomic mass is 10.1. The maximum Gasteiger partial charge on any atom is 0.197 e. The number of rotatable bonds is 2. The largest absolute Gasteiger partial charge is 0.486 e. The normalized spacial score (nSPS) is 13.3. The van der Waals surface area contributed by atoms with Crippen LogP contribution in [0.2, 0.25) is 13.7 Å². The Morgan fingerprint density at radius 2 is 1.65 bits per heavy atom. The SMILES string of the molecule is O=C(c1cc2c(cc1Cl)OCCO2)c1cc(Cl)sc1Cl. The van der Waals surface area contributed by atoms with E-state index < -0.39 is 0 Å². The van der Waals surface area contributed by atoms with Gasteiger partial charge in [0.2, 0.25) is 0 Å². The molecule has 0 fully saturated rings. The third-order valence-electron chi connectivity index (χ3n) is 2.78. The van der Waals surface area contributed by atoms with Crippen LogP contribution in [0.1, 0.15) is 15.9 Å². The van der Waals surface area contributed by atoms with Crippen LogP contribution in [0, 0.1) is 0 Å². The standard InChI is InChI=1S/C13H7Cl3O3S/c14-8-5-10-9(18-1-2-19-10)3-6(8)12(17)7-4-11(15)20-13(7)16/h3-5H,1-2H2. The number of thiophene rings is 1. The van der Waals surface area contributed by atoms with Crippen LogP contribution in [-0.4, -0.2) is 19.0 Å². The van der Waals surface area contributed by atoms with Gasteiger partial charge in [-0.25, -0.2) is 0 Å². The third kappa shape index (κ3) is 2.49. The van der Waals surface area contributed by atoms with Crippen LogP contribution in [0.25, 0.3) is 0 Å². The summed E-state index contributed by atoms with van der Waals surface area (Å²) in [6.07, 6.45) is 0. The van der Waals surface area contributed by atoms with E-state index in [4.69, 9.17) is 44.3 Å². The first-order valence-corrected chi connectivity index (χ1v) is 7.60. The van der Waals surface area contributed by atoms with E-state index in [1.54, 1.807) is 12.1 Å². The Hall–Kier alpha value is -0.940. The maximum atomic E-state index is 12.5. The van der Waals surface area contributed by atoms with Gasteiger partial charge in [0.15, 0.2) is 17.3 Å². The summed E-state index contributed by atoms with van der Waals surface area (Å²) in [5, 5.41) is 0.289. The summed E-state index contributed by atoms with van der Waals surface area (Å²) < 4.78 is 11.6. The number of ketones is 1. The van der Waals surface area contributed by atoms with Gasteiger partial charge < -0.3 is 9.47 Å². The van der Waals surface area contributed by atoms with Crippen LogP contribution >= 0.6 is 46.1 Å². The van der Waals surface area contributed by atoms with Gasteiger partial charge in [0, 0.05) is 11.6 Å². The second-order valence-electron chi connectivity index (χ2n) is 4.04. The van der Waals surface area contributed by atoms with Gasteiger partial charge in [-0.15, -0.1) is 11.3 Å². The number of hydrogen-bond acceptors (Lipinski definition) is 4. The Morgan fingerprint density at radius 3 is 2.25 bits per heavy atom. The summed E-state index contributed by atoms with van der Waals surface area (Å²) in [5.74, 6) is 0.744. The summed E-state index contributed by atoms with van der Waals surface area (Å²) >= 11 is 19.1. The minimum Gasteiger partial charge on any atom is -0.486 e. The van der Waals surface area contributed by atoms with Gasteiger partial charge in [-0.2, -0.15) is 0 Å². The number of halogens is 3. The van der Waals surface area contributed by atoms with Crippen molar-refractivity contribution in [2.75, 3.05) is 13.2 Å². The molecule has 0 N–H and O–H groups in total. The van der Waals surface area contributed by atoms with Crippen molar-refractivity contribution in [2.45, 2.75) is 0 Å². The minimum atomic E-state index is -0.292. The van der Waals surface area contributed by atoms with Crippen LogP contribution in [0.4, 0.5) is 0 Å². The molecule has 2 heterocycles. The van der Waals surface area contributed by atoms with Crippen LogP contribution < -0.4 is 9.47 Å². The molecule has 0 saturated heterocycles. The maximum absolute atomic E-state index is 12.5. The molecular weight excluding hydrogens is 343 g/mol. The quantitative estimate of drug-likeness (QED) is 0.737. The van der Waals surface area contributed by atoms with Crippen LogP contribution in [-0.2, 0) is 0 Å². The first-order chi connectivity index (χ1) is 9.56. The number of benzene rings is 1. The lowest BCUT2D eigenvalue weighted by Crippen LogP contribution is -2.16. The highest BCUT2D eigenvalue weighted by Crippen LogP contribution is 2.38. The summed E-state index contributed by atoms with van der Waals surface area (Å²) in [5.41, 5.74) is 0.646. The number of fused-ring (bicyclic) bond motifs is 1. The van der Waals surface area contributed by atoms with Crippen molar-refractivity contribution >= 4 is 51.9 Å². The van der Waals surface area contributed by atoms with Crippen molar-refractivity contribution in [3.63, 3.8) is 0 Å². The van der Waals surface area contributed by atoms with E-state index in [9.17, 15) is 4.79 Å². The van der Waals surface area contributed by atoms with Crippen molar-refractivity contribution < 1.29 is 14.3 Å². The van der Waals surface area contributed by atoms with Gasteiger partial charge >= 0.3 is 0 Å². The predicted molar refractivity (Wildman–Crippen MR) is 80.2 cm³/mol. The van der Waals surface area contributed by atoms with E-state index in [0.29, 0.717) is 44.5 Å². The molecule has 104 valence electrons. The van der Waals surface area contributed by atoms with Gasteiger partial charge in [0.05, 0.1) is 14.9 Å². The lowest BCUT2D eigenvalue weighted by Gasteiger charge is -2.19. The van der Waals surface area contributed by atoms with E-state index in [1.807, 2.05) is 0 Å². The number of carbonyl (C=O) groups excluding carboxylic acids is 1. The molecule has 1 aromatic heterocycles. The molecule has 0 unspecified atom stereocenters. The molecule has 3 nitrogen and oxygen atoms in total. The highest BCUT2D eigenvalue weighted by molar-refractivity contribution is 7.20. The van der Waals surface area contributed by atoms with E-state index >= 15 is 0 Å². The zero-order valence-electron chi connectivity index (χ0n) is 9.91. The molecule has 1 aromatic carbocycles. The number of hydrogen-bond donors (Lipinski definition) is 0. The second-order valence-corrected chi connectivity index (χ2v) is 6.74. The van der Waals surface area contributed by atoms with Crippen LogP contribution in [0.3, 0.4) is 0 Å². The molecular formula is C13H7Cl3O3S. The molecule has 3 rings (SSSR count). The molecule has 0 saturated carbocycles. The van der Waals surface area contributed by atoms with Crippen LogP contribution in [0.15, 0.2) is 18.2 Å². The van der Waals surface area contributed by atoms with E-state index in [-0.39, 0.29) is 10.8 Å². The molecule has 0 spiro atoms. The molecule has 0 radical (unpaired) electrons. The molecule has 0 amide bonds. The Labute approximate surface area is 134 Å². The topological polar surface area (TPSA) is 35.5 Å². The number of carbonyl (C=O) groups is 1. The first-order valence-electron chi connectivity index (χ1n) is 5.65. The molecule has 0 bridgehead atoms. The average molecular weight is 350 g/mol. The average Bonchev–Trinajstić information content (AvgIpc) is 2.76. The van der Waals surface area contributed by atoms with Crippen molar-refractivity contribution in [1.82, 2.24) is 0 Å². The van der Waals surface area contributed by atoms with E-state index in [0.717, 1.165) is 11.3 Å². The van der Waals surface area contributed by atoms with Crippen molar-refractivity contribution in [3.8, 4) is 11.5 Å².